The van der Waals surface area contributed by atoms with Crippen molar-refractivity contribution >= 4 is 17.4 Å². The molecule has 2 amide bonds. The van der Waals surface area contributed by atoms with E-state index in [-0.39, 0.29) is 6.03 Å². The number of amides is 2. The van der Waals surface area contributed by atoms with Gasteiger partial charge in [0.15, 0.2) is 0 Å². The molecule has 0 spiro atoms. The number of carbonyl (C=O) groups is 1. The third kappa shape index (κ3) is 3.44. The minimum Gasteiger partial charge on any atom is -0.327 e. The molecule has 1 aromatic rings. The van der Waals surface area contributed by atoms with E-state index in [4.69, 9.17) is 0 Å². The van der Waals surface area contributed by atoms with Crippen molar-refractivity contribution in [2.75, 3.05) is 39.8 Å². The van der Waals surface area contributed by atoms with Gasteiger partial charge in [-0.2, -0.15) is 0 Å². The number of carbonyl (C=O) groups excluding carboxylic acids is 1. The Morgan fingerprint density at radius 3 is 2.94 bits per heavy atom. The van der Waals surface area contributed by atoms with Crippen molar-refractivity contribution in [3.05, 3.63) is 22.4 Å². The maximum atomic E-state index is 12.1. The Hall–Kier alpha value is -1.07. The van der Waals surface area contributed by atoms with E-state index >= 15 is 0 Å². The van der Waals surface area contributed by atoms with Crippen LogP contribution >= 0.6 is 11.3 Å². The second kappa shape index (κ2) is 6.02. The maximum Gasteiger partial charge on any atom is 0.319 e. The Labute approximate surface area is 106 Å². The van der Waals surface area contributed by atoms with Crippen LogP contribution in [0.4, 0.5) is 4.79 Å². The van der Waals surface area contributed by atoms with E-state index in [1.54, 1.807) is 11.3 Å². The lowest BCUT2D eigenvalue weighted by atomic mass is 10.3. The standard InChI is InChI=1S/C12H19N3OS/c1-14(7-4-11-3-2-10-17-11)12(16)15-8-5-13-6-9-15/h2-3,10,13H,4-9H2,1H3. The van der Waals surface area contributed by atoms with Crippen LogP contribution in [0.3, 0.4) is 0 Å². The number of urea groups is 1. The van der Waals surface area contributed by atoms with Crippen LogP contribution in [0.15, 0.2) is 17.5 Å². The second-order valence-corrected chi connectivity index (χ2v) is 5.30. The molecule has 1 aromatic heterocycles. The molecule has 1 aliphatic heterocycles. The third-order valence-electron chi connectivity index (χ3n) is 2.99. The highest BCUT2D eigenvalue weighted by atomic mass is 32.1. The molecular weight excluding hydrogens is 234 g/mol. The second-order valence-electron chi connectivity index (χ2n) is 4.27. The number of nitrogens with one attached hydrogen (secondary N) is 1. The first-order valence-electron chi connectivity index (χ1n) is 6.00. The van der Waals surface area contributed by atoms with E-state index in [9.17, 15) is 4.79 Å². The molecule has 0 unspecified atom stereocenters. The first-order valence-corrected chi connectivity index (χ1v) is 6.88. The highest BCUT2D eigenvalue weighted by molar-refractivity contribution is 7.09. The van der Waals surface area contributed by atoms with E-state index in [1.165, 1.54) is 4.88 Å². The molecule has 1 fully saturated rings. The van der Waals surface area contributed by atoms with E-state index in [0.29, 0.717) is 0 Å². The summed E-state index contributed by atoms with van der Waals surface area (Å²) in [5, 5.41) is 5.33. The smallest absolute Gasteiger partial charge is 0.319 e. The van der Waals surface area contributed by atoms with Gasteiger partial charge < -0.3 is 15.1 Å². The van der Waals surface area contributed by atoms with Crippen LogP contribution in [0.25, 0.3) is 0 Å². The van der Waals surface area contributed by atoms with Gasteiger partial charge in [0.05, 0.1) is 0 Å². The van der Waals surface area contributed by atoms with Gasteiger partial charge in [-0.25, -0.2) is 4.79 Å². The molecule has 17 heavy (non-hydrogen) atoms. The number of hydrogen-bond acceptors (Lipinski definition) is 3. The number of piperazine rings is 1. The predicted molar refractivity (Wildman–Crippen MR) is 70.5 cm³/mol. The summed E-state index contributed by atoms with van der Waals surface area (Å²) in [4.78, 5) is 17.2. The highest BCUT2D eigenvalue weighted by Gasteiger charge is 2.19. The Kier molecular flexibility index (Phi) is 4.39. The molecule has 0 radical (unpaired) electrons. The molecule has 0 bridgehead atoms. The van der Waals surface area contributed by atoms with Crippen molar-refractivity contribution in [2.45, 2.75) is 6.42 Å². The van der Waals surface area contributed by atoms with E-state index < -0.39 is 0 Å². The highest BCUT2D eigenvalue weighted by Crippen LogP contribution is 2.10. The molecule has 1 saturated heterocycles. The Morgan fingerprint density at radius 2 is 2.29 bits per heavy atom. The predicted octanol–water partition coefficient (Wildman–Crippen LogP) is 1.25. The van der Waals surface area contributed by atoms with Crippen molar-refractivity contribution in [1.82, 2.24) is 15.1 Å². The topological polar surface area (TPSA) is 35.6 Å². The summed E-state index contributed by atoms with van der Waals surface area (Å²) < 4.78 is 0. The van der Waals surface area contributed by atoms with E-state index in [2.05, 4.69) is 22.8 Å². The average molecular weight is 253 g/mol. The maximum absolute atomic E-state index is 12.1. The van der Waals surface area contributed by atoms with Crippen molar-refractivity contribution < 1.29 is 4.79 Å². The van der Waals surface area contributed by atoms with Crippen LogP contribution in [0.5, 0.6) is 0 Å². The summed E-state index contributed by atoms with van der Waals surface area (Å²) in [7, 11) is 1.89. The number of nitrogens with zero attached hydrogens (tertiary/aromatic N) is 2. The van der Waals surface area contributed by atoms with Crippen LogP contribution in [0.1, 0.15) is 4.88 Å². The summed E-state index contributed by atoms with van der Waals surface area (Å²) in [5.41, 5.74) is 0. The van der Waals surface area contributed by atoms with Gasteiger partial charge in [0.2, 0.25) is 0 Å². The zero-order valence-electron chi connectivity index (χ0n) is 10.2. The summed E-state index contributed by atoms with van der Waals surface area (Å²) in [6.07, 6.45) is 0.950. The van der Waals surface area contributed by atoms with E-state index in [1.807, 2.05) is 16.8 Å². The first kappa shape index (κ1) is 12.4. The molecule has 5 heteroatoms. The molecule has 0 aromatic carbocycles. The van der Waals surface area contributed by atoms with Gasteiger partial charge >= 0.3 is 6.03 Å². The van der Waals surface area contributed by atoms with Crippen LogP contribution in [-0.2, 0) is 6.42 Å². The van der Waals surface area contributed by atoms with Crippen LogP contribution in [0.2, 0.25) is 0 Å². The molecule has 0 atom stereocenters. The largest absolute Gasteiger partial charge is 0.327 e. The Morgan fingerprint density at radius 1 is 1.53 bits per heavy atom. The number of likely N-dealkylation sites (N-methyl/N-ethyl adjacent to an activating group) is 1. The van der Waals surface area contributed by atoms with Crippen molar-refractivity contribution in [1.29, 1.82) is 0 Å². The third-order valence-corrected chi connectivity index (χ3v) is 3.92. The number of thiophene rings is 1. The first-order chi connectivity index (χ1) is 8.27. The van der Waals surface area contributed by atoms with Crippen molar-refractivity contribution in [2.24, 2.45) is 0 Å². The molecule has 1 aliphatic rings. The fourth-order valence-electron chi connectivity index (χ4n) is 1.93. The van der Waals surface area contributed by atoms with Gasteiger partial charge in [0.1, 0.15) is 0 Å². The molecule has 2 rings (SSSR count). The quantitative estimate of drug-likeness (QED) is 0.880. The van der Waals surface area contributed by atoms with Crippen LogP contribution in [-0.4, -0.2) is 55.6 Å². The fraction of sp³-hybridized carbons (Fsp3) is 0.583. The van der Waals surface area contributed by atoms with Gasteiger partial charge in [-0.05, 0) is 17.9 Å². The fourth-order valence-corrected chi connectivity index (χ4v) is 2.62. The van der Waals surface area contributed by atoms with Gasteiger partial charge in [-0.3, -0.25) is 0 Å². The molecule has 2 heterocycles. The normalized spacial score (nSPS) is 15.9. The van der Waals surface area contributed by atoms with Gasteiger partial charge in [0, 0.05) is 44.6 Å². The summed E-state index contributed by atoms with van der Waals surface area (Å²) in [6.45, 7) is 4.25. The lowest BCUT2D eigenvalue weighted by Gasteiger charge is -2.31. The zero-order valence-corrected chi connectivity index (χ0v) is 11.0. The minimum absolute atomic E-state index is 0.156. The van der Waals surface area contributed by atoms with Crippen molar-refractivity contribution in [3.63, 3.8) is 0 Å². The lowest BCUT2D eigenvalue weighted by molar-refractivity contribution is 0.156. The molecule has 4 nitrogen and oxygen atoms in total. The summed E-state index contributed by atoms with van der Waals surface area (Å²) >= 11 is 1.75. The van der Waals surface area contributed by atoms with Crippen LogP contribution < -0.4 is 5.32 Å². The molecule has 0 aliphatic carbocycles. The van der Waals surface area contributed by atoms with E-state index in [0.717, 1.165) is 39.1 Å². The lowest BCUT2D eigenvalue weighted by Crippen LogP contribution is -2.50. The summed E-state index contributed by atoms with van der Waals surface area (Å²) in [5.74, 6) is 0. The number of rotatable bonds is 3. The Bertz CT molecular complexity index is 347. The monoisotopic (exact) mass is 253 g/mol. The van der Waals surface area contributed by atoms with Gasteiger partial charge in [-0.15, -0.1) is 11.3 Å². The minimum atomic E-state index is 0.156. The number of hydrogen-bond donors (Lipinski definition) is 1. The Balaban J connectivity index is 1.78. The van der Waals surface area contributed by atoms with Gasteiger partial charge in [0.25, 0.3) is 0 Å². The van der Waals surface area contributed by atoms with Crippen LogP contribution in [0, 0.1) is 0 Å². The molecule has 0 saturated carbocycles. The van der Waals surface area contributed by atoms with Crippen molar-refractivity contribution in [3.8, 4) is 0 Å². The molecular formula is C12H19N3OS. The average Bonchev–Trinajstić information content (AvgIpc) is 2.89. The molecule has 94 valence electrons. The molecule has 1 N–H and O–H groups in total. The van der Waals surface area contributed by atoms with Gasteiger partial charge in [-0.1, -0.05) is 6.07 Å². The SMILES string of the molecule is CN(CCc1cccs1)C(=O)N1CCNCC1. The summed E-state index contributed by atoms with van der Waals surface area (Å²) in [6, 6.07) is 4.33. The zero-order chi connectivity index (χ0) is 12.1.